The molecular formula is C25H27ClN2O5S. The maximum atomic E-state index is 13.0. The van der Waals surface area contributed by atoms with Crippen LogP contribution in [0.3, 0.4) is 0 Å². The first-order valence-corrected chi connectivity index (χ1v) is 12.4. The molecule has 0 aliphatic carbocycles. The minimum atomic E-state index is -3.76. The molecule has 34 heavy (non-hydrogen) atoms. The molecule has 7 nitrogen and oxygen atoms in total. The molecule has 1 amide bonds. The Bertz CT molecular complexity index is 1230. The summed E-state index contributed by atoms with van der Waals surface area (Å²) in [6.45, 7) is 2.62. The maximum absolute atomic E-state index is 13.0. The fraction of sp³-hybridized carbons (Fsp3) is 0.240. The highest BCUT2D eigenvalue weighted by Gasteiger charge is 2.23. The van der Waals surface area contributed by atoms with Gasteiger partial charge in [0.25, 0.3) is 5.91 Å². The monoisotopic (exact) mass is 502 g/mol. The molecule has 0 aromatic heterocycles. The number of benzene rings is 3. The molecule has 0 aliphatic rings. The van der Waals surface area contributed by atoms with Gasteiger partial charge in [0.1, 0.15) is 11.5 Å². The molecular weight excluding hydrogens is 476 g/mol. The van der Waals surface area contributed by atoms with Crippen LogP contribution in [0, 0.1) is 0 Å². The predicted molar refractivity (Wildman–Crippen MR) is 132 cm³/mol. The Hall–Kier alpha value is -3.07. The standard InChI is InChI=1S/C25H27ClN2O5S/c1-4-33-24-14-7-19(25(29)27-16-18-5-10-22(32-3)11-6-18)15-20(24)17-28(2)34(30,31)23-12-8-21(26)9-13-23/h5-15H,4,16-17H2,1-3H3,(H,27,29). The van der Waals surface area contributed by atoms with Crippen LogP contribution in [0.15, 0.2) is 71.6 Å². The Morgan fingerprint density at radius 3 is 2.32 bits per heavy atom. The highest BCUT2D eigenvalue weighted by molar-refractivity contribution is 7.89. The smallest absolute Gasteiger partial charge is 0.251 e. The lowest BCUT2D eigenvalue weighted by molar-refractivity contribution is 0.0950. The van der Waals surface area contributed by atoms with E-state index in [0.717, 1.165) is 11.3 Å². The summed E-state index contributed by atoms with van der Waals surface area (Å²) in [4.78, 5) is 12.9. The van der Waals surface area contributed by atoms with Crippen molar-refractivity contribution in [2.75, 3.05) is 20.8 Å². The summed E-state index contributed by atoms with van der Waals surface area (Å²) in [6.07, 6.45) is 0. The van der Waals surface area contributed by atoms with Crippen LogP contribution in [0.25, 0.3) is 0 Å². The summed E-state index contributed by atoms with van der Waals surface area (Å²) >= 11 is 5.88. The minimum Gasteiger partial charge on any atom is -0.497 e. The van der Waals surface area contributed by atoms with Gasteiger partial charge in [-0.25, -0.2) is 8.42 Å². The fourth-order valence-corrected chi connectivity index (χ4v) is 4.55. The first-order chi connectivity index (χ1) is 16.2. The molecule has 9 heteroatoms. The highest BCUT2D eigenvalue weighted by Crippen LogP contribution is 2.25. The van der Waals surface area contributed by atoms with Crippen LogP contribution in [0.2, 0.25) is 5.02 Å². The highest BCUT2D eigenvalue weighted by atomic mass is 35.5. The van der Waals surface area contributed by atoms with Gasteiger partial charge in [-0.05, 0) is 67.1 Å². The van der Waals surface area contributed by atoms with Crippen molar-refractivity contribution in [2.24, 2.45) is 0 Å². The molecule has 0 fully saturated rings. The zero-order chi connectivity index (χ0) is 24.7. The zero-order valence-electron chi connectivity index (χ0n) is 19.2. The predicted octanol–water partition coefficient (Wildman–Crippen LogP) is 4.50. The molecule has 0 atom stereocenters. The van der Waals surface area contributed by atoms with Gasteiger partial charge in [-0.15, -0.1) is 0 Å². The molecule has 0 saturated heterocycles. The molecule has 0 aliphatic heterocycles. The van der Waals surface area contributed by atoms with Crippen molar-refractivity contribution in [3.63, 3.8) is 0 Å². The van der Waals surface area contributed by atoms with E-state index in [1.165, 1.54) is 35.6 Å². The van der Waals surface area contributed by atoms with Gasteiger partial charge in [0.05, 0.1) is 18.6 Å². The lowest BCUT2D eigenvalue weighted by atomic mass is 10.1. The summed E-state index contributed by atoms with van der Waals surface area (Å²) in [5, 5.41) is 3.33. The number of sulfonamides is 1. The van der Waals surface area contributed by atoms with E-state index in [-0.39, 0.29) is 17.3 Å². The van der Waals surface area contributed by atoms with Gasteiger partial charge in [-0.2, -0.15) is 4.31 Å². The van der Waals surface area contributed by atoms with Gasteiger partial charge in [0.15, 0.2) is 0 Å². The van der Waals surface area contributed by atoms with E-state index >= 15 is 0 Å². The maximum Gasteiger partial charge on any atom is 0.251 e. The van der Waals surface area contributed by atoms with Gasteiger partial charge >= 0.3 is 0 Å². The number of amides is 1. The number of halogens is 1. The van der Waals surface area contributed by atoms with Crippen LogP contribution >= 0.6 is 11.6 Å². The first-order valence-electron chi connectivity index (χ1n) is 10.6. The number of nitrogens with zero attached hydrogens (tertiary/aromatic N) is 1. The second-order valence-electron chi connectivity index (χ2n) is 7.50. The molecule has 1 N–H and O–H groups in total. The SMILES string of the molecule is CCOc1ccc(C(=O)NCc2ccc(OC)cc2)cc1CN(C)S(=O)(=O)c1ccc(Cl)cc1. The third-order valence-corrected chi connectivity index (χ3v) is 7.22. The van der Waals surface area contributed by atoms with Gasteiger partial charge in [0.2, 0.25) is 10.0 Å². The molecule has 0 radical (unpaired) electrons. The number of hydrogen-bond acceptors (Lipinski definition) is 5. The molecule has 0 bridgehead atoms. The quantitative estimate of drug-likeness (QED) is 0.441. The molecule has 180 valence electrons. The summed E-state index contributed by atoms with van der Waals surface area (Å²) < 4.78 is 38.0. The summed E-state index contributed by atoms with van der Waals surface area (Å²) in [6, 6.07) is 18.4. The molecule has 3 aromatic carbocycles. The molecule has 3 rings (SSSR count). The van der Waals surface area contributed by atoms with Crippen LogP contribution in [0.5, 0.6) is 11.5 Å². The molecule has 3 aromatic rings. The van der Waals surface area contributed by atoms with Crippen LogP contribution in [-0.2, 0) is 23.1 Å². The Morgan fingerprint density at radius 1 is 1.03 bits per heavy atom. The van der Waals surface area contributed by atoms with E-state index in [0.29, 0.717) is 35.1 Å². The number of ether oxygens (including phenoxy) is 2. The lowest BCUT2D eigenvalue weighted by Gasteiger charge is -2.20. The largest absolute Gasteiger partial charge is 0.497 e. The average Bonchev–Trinajstić information content (AvgIpc) is 2.84. The number of nitrogens with one attached hydrogen (secondary N) is 1. The van der Waals surface area contributed by atoms with Crippen LogP contribution < -0.4 is 14.8 Å². The van der Waals surface area contributed by atoms with Crippen molar-refractivity contribution >= 4 is 27.5 Å². The van der Waals surface area contributed by atoms with E-state index < -0.39 is 10.0 Å². The van der Waals surface area contributed by atoms with E-state index in [1.54, 1.807) is 25.3 Å². The summed E-state index contributed by atoms with van der Waals surface area (Å²) in [7, 11) is -0.685. The Balaban J connectivity index is 1.78. The summed E-state index contributed by atoms with van der Waals surface area (Å²) in [5.41, 5.74) is 1.91. The molecule has 0 saturated carbocycles. The van der Waals surface area contributed by atoms with Gasteiger partial charge in [-0.3, -0.25) is 4.79 Å². The lowest BCUT2D eigenvalue weighted by Crippen LogP contribution is -2.27. The van der Waals surface area contributed by atoms with E-state index in [1.807, 2.05) is 31.2 Å². The number of rotatable bonds is 10. The molecule has 0 spiro atoms. The van der Waals surface area contributed by atoms with Gasteiger partial charge < -0.3 is 14.8 Å². The van der Waals surface area contributed by atoms with E-state index in [9.17, 15) is 13.2 Å². The topological polar surface area (TPSA) is 84.9 Å². The van der Waals surface area contributed by atoms with Crippen LogP contribution in [-0.4, -0.2) is 39.4 Å². The molecule has 0 heterocycles. The van der Waals surface area contributed by atoms with Crippen molar-refractivity contribution in [1.82, 2.24) is 9.62 Å². The van der Waals surface area contributed by atoms with Crippen LogP contribution in [0.1, 0.15) is 28.4 Å². The minimum absolute atomic E-state index is 0.0277. The number of hydrogen-bond donors (Lipinski definition) is 1. The third-order valence-electron chi connectivity index (χ3n) is 5.15. The van der Waals surface area contributed by atoms with Crippen molar-refractivity contribution in [3.05, 3.63) is 88.4 Å². The third kappa shape index (κ3) is 6.28. The second kappa shape index (κ2) is 11.4. The molecule has 0 unspecified atom stereocenters. The normalized spacial score (nSPS) is 11.3. The van der Waals surface area contributed by atoms with Crippen molar-refractivity contribution in [1.29, 1.82) is 0 Å². The van der Waals surface area contributed by atoms with E-state index in [4.69, 9.17) is 21.1 Å². The number of carbonyl (C=O) groups is 1. The first kappa shape index (κ1) is 25.6. The Morgan fingerprint density at radius 2 is 1.71 bits per heavy atom. The number of carbonyl (C=O) groups excluding carboxylic acids is 1. The number of methoxy groups -OCH3 is 1. The fourth-order valence-electron chi connectivity index (χ4n) is 3.28. The second-order valence-corrected chi connectivity index (χ2v) is 9.98. The van der Waals surface area contributed by atoms with Crippen molar-refractivity contribution in [3.8, 4) is 11.5 Å². The van der Waals surface area contributed by atoms with Crippen molar-refractivity contribution < 1.29 is 22.7 Å². The van der Waals surface area contributed by atoms with Gasteiger partial charge in [-0.1, -0.05) is 23.7 Å². The zero-order valence-corrected chi connectivity index (χ0v) is 20.8. The van der Waals surface area contributed by atoms with Gasteiger partial charge in [0, 0.05) is 36.3 Å². The average molecular weight is 503 g/mol. The Labute approximate surface area is 205 Å². The summed E-state index contributed by atoms with van der Waals surface area (Å²) in [5.74, 6) is 0.986. The van der Waals surface area contributed by atoms with Crippen LogP contribution in [0.4, 0.5) is 0 Å². The Kier molecular flexibility index (Phi) is 8.55. The van der Waals surface area contributed by atoms with E-state index in [2.05, 4.69) is 5.32 Å². The van der Waals surface area contributed by atoms with Crippen molar-refractivity contribution in [2.45, 2.75) is 24.9 Å².